The fraction of sp³-hybridized carbons (Fsp3) is 0.222. The number of aryl methyl sites for hydroxylation is 1. The summed E-state index contributed by atoms with van der Waals surface area (Å²) in [6.07, 6.45) is 5.87. The molecule has 8 heteroatoms. The number of rotatable bonds is 5. The molecular formula is C18H17N5O2S. The lowest BCUT2D eigenvalue weighted by Gasteiger charge is -2.30. The number of anilines is 2. The SMILES string of the molecule is COCN1c2cc(Cn3c(C)cnc3C=O)ccc2Sc2nccnc21. The Hall–Kier alpha value is -2.71. The first kappa shape index (κ1) is 16.7. The van der Waals surface area contributed by atoms with Gasteiger partial charge >= 0.3 is 0 Å². The van der Waals surface area contributed by atoms with Gasteiger partial charge in [0.15, 0.2) is 17.9 Å². The maximum atomic E-state index is 11.2. The summed E-state index contributed by atoms with van der Waals surface area (Å²) < 4.78 is 7.29. The number of ether oxygens (including phenoxy) is 1. The van der Waals surface area contributed by atoms with Gasteiger partial charge in [-0.25, -0.2) is 15.0 Å². The van der Waals surface area contributed by atoms with Crippen molar-refractivity contribution >= 4 is 29.6 Å². The zero-order valence-corrected chi connectivity index (χ0v) is 15.2. The van der Waals surface area contributed by atoms with E-state index in [9.17, 15) is 4.79 Å². The van der Waals surface area contributed by atoms with Crippen molar-refractivity contribution < 1.29 is 9.53 Å². The molecular weight excluding hydrogens is 350 g/mol. The fourth-order valence-corrected chi connectivity index (χ4v) is 3.96. The van der Waals surface area contributed by atoms with Gasteiger partial charge in [0, 0.05) is 42.8 Å². The molecule has 0 fully saturated rings. The lowest BCUT2D eigenvalue weighted by Crippen LogP contribution is -2.24. The van der Waals surface area contributed by atoms with Gasteiger partial charge in [-0.2, -0.15) is 0 Å². The molecule has 0 radical (unpaired) electrons. The molecule has 4 rings (SSSR count). The molecule has 0 aliphatic carbocycles. The number of fused-ring (bicyclic) bond motifs is 2. The van der Waals surface area contributed by atoms with E-state index in [1.165, 1.54) is 0 Å². The zero-order valence-electron chi connectivity index (χ0n) is 14.4. The van der Waals surface area contributed by atoms with Crippen LogP contribution in [0.25, 0.3) is 0 Å². The summed E-state index contributed by atoms with van der Waals surface area (Å²) in [6, 6.07) is 6.24. The van der Waals surface area contributed by atoms with Gasteiger partial charge in [-0.15, -0.1) is 0 Å². The van der Waals surface area contributed by atoms with Crippen LogP contribution in [-0.4, -0.2) is 39.6 Å². The summed E-state index contributed by atoms with van der Waals surface area (Å²) in [6.45, 7) is 2.90. The average molecular weight is 367 g/mol. The van der Waals surface area contributed by atoms with Crippen molar-refractivity contribution in [3.8, 4) is 0 Å². The van der Waals surface area contributed by atoms with E-state index >= 15 is 0 Å². The van der Waals surface area contributed by atoms with Gasteiger partial charge in [-0.05, 0) is 24.6 Å². The van der Waals surface area contributed by atoms with Crippen LogP contribution in [0.4, 0.5) is 11.5 Å². The van der Waals surface area contributed by atoms with Crippen LogP contribution in [0.3, 0.4) is 0 Å². The van der Waals surface area contributed by atoms with Crippen molar-refractivity contribution in [2.75, 3.05) is 18.7 Å². The van der Waals surface area contributed by atoms with Crippen LogP contribution < -0.4 is 4.90 Å². The predicted molar refractivity (Wildman–Crippen MR) is 98.1 cm³/mol. The summed E-state index contributed by atoms with van der Waals surface area (Å²) in [4.78, 5) is 27.3. The van der Waals surface area contributed by atoms with Gasteiger partial charge < -0.3 is 9.30 Å². The molecule has 0 N–H and O–H groups in total. The van der Waals surface area contributed by atoms with Gasteiger partial charge in [-0.3, -0.25) is 9.69 Å². The number of carbonyl (C=O) groups is 1. The van der Waals surface area contributed by atoms with E-state index < -0.39 is 0 Å². The second-order valence-electron chi connectivity index (χ2n) is 5.90. The Morgan fingerprint density at radius 2 is 2.08 bits per heavy atom. The highest BCUT2D eigenvalue weighted by Crippen LogP contribution is 2.46. The summed E-state index contributed by atoms with van der Waals surface area (Å²) in [5.41, 5.74) is 3.04. The smallest absolute Gasteiger partial charge is 0.185 e. The van der Waals surface area contributed by atoms with Crippen LogP contribution in [0.5, 0.6) is 0 Å². The number of hydrogen-bond acceptors (Lipinski definition) is 7. The first-order chi connectivity index (χ1) is 12.7. The van der Waals surface area contributed by atoms with E-state index in [4.69, 9.17) is 4.74 Å². The zero-order chi connectivity index (χ0) is 18.1. The Morgan fingerprint density at radius 3 is 2.88 bits per heavy atom. The maximum Gasteiger partial charge on any atom is 0.185 e. The summed E-state index contributed by atoms with van der Waals surface area (Å²) >= 11 is 1.59. The second kappa shape index (κ2) is 6.89. The Kier molecular flexibility index (Phi) is 4.44. The van der Waals surface area contributed by atoms with Crippen LogP contribution in [0.15, 0.2) is 46.7 Å². The van der Waals surface area contributed by atoms with Gasteiger partial charge in [0.2, 0.25) is 0 Å². The summed E-state index contributed by atoms with van der Waals surface area (Å²) in [5.74, 6) is 1.22. The van der Waals surface area contributed by atoms with Crippen molar-refractivity contribution in [1.29, 1.82) is 0 Å². The van der Waals surface area contributed by atoms with Crippen molar-refractivity contribution in [1.82, 2.24) is 19.5 Å². The van der Waals surface area contributed by atoms with Crippen LogP contribution in [0, 0.1) is 6.92 Å². The Labute approximate surface area is 155 Å². The molecule has 26 heavy (non-hydrogen) atoms. The lowest BCUT2D eigenvalue weighted by atomic mass is 10.1. The number of aldehydes is 1. The summed E-state index contributed by atoms with van der Waals surface area (Å²) in [7, 11) is 1.66. The number of aromatic nitrogens is 4. The molecule has 0 unspecified atom stereocenters. The quantitative estimate of drug-likeness (QED) is 0.642. The molecule has 0 saturated carbocycles. The number of benzene rings is 1. The van der Waals surface area contributed by atoms with Gasteiger partial charge in [0.05, 0.1) is 5.69 Å². The van der Waals surface area contributed by atoms with Gasteiger partial charge in [-0.1, -0.05) is 17.8 Å². The van der Waals surface area contributed by atoms with Crippen molar-refractivity contribution in [2.45, 2.75) is 23.4 Å². The van der Waals surface area contributed by atoms with Crippen molar-refractivity contribution in [3.05, 3.63) is 53.9 Å². The van der Waals surface area contributed by atoms with Crippen LogP contribution in [0.1, 0.15) is 21.9 Å². The molecule has 2 aromatic heterocycles. The molecule has 1 aromatic carbocycles. The molecule has 0 amide bonds. The molecule has 132 valence electrons. The van der Waals surface area contributed by atoms with E-state index in [-0.39, 0.29) is 0 Å². The fourth-order valence-electron chi connectivity index (χ4n) is 2.97. The van der Waals surface area contributed by atoms with Crippen molar-refractivity contribution in [2.24, 2.45) is 0 Å². The minimum absolute atomic E-state index is 0.381. The lowest BCUT2D eigenvalue weighted by molar-refractivity contribution is 0.111. The third kappa shape index (κ3) is 2.87. The second-order valence-corrected chi connectivity index (χ2v) is 6.93. The molecule has 0 bridgehead atoms. The minimum Gasteiger partial charge on any atom is -0.364 e. The number of carbonyl (C=O) groups excluding carboxylic acids is 1. The number of imidazole rings is 1. The molecule has 0 spiro atoms. The highest BCUT2D eigenvalue weighted by atomic mass is 32.2. The molecule has 1 aliphatic heterocycles. The van der Waals surface area contributed by atoms with E-state index in [0.717, 1.165) is 39.0 Å². The highest BCUT2D eigenvalue weighted by Gasteiger charge is 2.25. The molecule has 3 heterocycles. The van der Waals surface area contributed by atoms with E-state index in [1.807, 2.05) is 16.4 Å². The first-order valence-corrected chi connectivity index (χ1v) is 8.88. The van der Waals surface area contributed by atoms with E-state index in [1.54, 1.807) is 37.5 Å². The third-order valence-corrected chi connectivity index (χ3v) is 5.26. The topological polar surface area (TPSA) is 73.1 Å². The standard InChI is InChI=1S/C18H17N5O2S/c1-12-8-21-16(10-24)22(12)9-13-3-4-15-14(7-13)23(11-25-2)17-18(26-15)20-6-5-19-17/h3-8,10H,9,11H2,1-2H3. The molecule has 3 aromatic rings. The van der Waals surface area contributed by atoms with E-state index in [0.29, 0.717) is 19.1 Å². The Balaban J connectivity index is 1.73. The molecule has 7 nitrogen and oxygen atoms in total. The number of hydrogen-bond donors (Lipinski definition) is 0. The molecule has 1 aliphatic rings. The van der Waals surface area contributed by atoms with Crippen LogP contribution in [0.2, 0.25) is 0 Å². The van der Waals surface area contributed by atoms with E-state index in [2.05, 4.69) is 33.2 Å². The van der Waals surface area contributed by atoms with Crippen LogP contribution in [-0.2, 0) is 11.3 Å². The van der Waals surface area contributed by atoms with Crippen molar-refractivity contribution in [3.63, 3.8) is 0 Å². The largest absolute Gasteiger partial charge is 0.364 e. The minimum atomic E-state index is 0.381. The first-order valence-electron chi connectivity index (χ1n) is 8.07. The summed E-state index contributed by atoms with van der Waals surface area (Å²) in [5, 5.41) is 0.860. The highest BCUT2D eigenvalue weighted by molar-refractivity contribution is 7.99. The number of methoxy groups -OCH3 is 1. The number of nitrogens with zero attached hydrogens (tertiary/aromatic N) is 5. The monoisotopic (exact) mass is 367 g/mol. The molecule has 0 saturated heterocycles. The predicted octanol–water partition coefficient (Wildman–Crippen LogP) is 3.05. The Morgan fingerprint density at radius 1 is 1.23 bits per heavy atom. The maximum absolute atomic E-state index is 11.2. The van der Waals surface area contributed by atoms with Gasteiger partial charge in [0.25, 0.3) is 0 Å². The molecule has 0 atom stereocenters. The normalized spacial score (nSPS) is 12.6. The van der Waals surface area contributed by atoms with Crippen LogP contribution >= 0.6 is 11.8 Å². The average Bonchev–Trinajstić information content (AvgIpc) is 3.01. The third-order valence-electron chi connectivity index (χ3n) is 4.21. The Bertz CT molecular complexity index is 972. The van der Waals surface area contributed by atoms with Gasteiger partial charge in [0.1, 0.15) is 11.8 Å².